The smallest absolute Gasteiger partial charge is 0.173 e. The monoisotopic (exact) mass is 288 g/mol. The van der Waals surface area contributed by atoms with E-state index >= 15 is 0 Å². The largest absolute Gasteiger partial charge is 0.349 e. The lowest BCUT2D eigenvalue weighted by Crippen LogP contribution is -2.31. The van der Waals surface area contributed by atoms with Gasteiger partial charge in [-0.2, -0.15) is 10.2 Å². The first kappa shape index (κ1) is 16.2. The molecule has 0 bridgehead atoms. The lowest BCUT2D eigenvalue weighted by molar-refractivity contribution is -0.0851. The molecular weight excluding hydrogens is 260 g/mol. The lowest BCUT2D eigenvalue weighted by Gasteiger charge is -2.33. The Labute approximate surface area is 128 Å². The van der Waals surface area contributed by atoms with E-state index in [2.05, 4.69) is 40.6 Å². The van der Waals surface area contributed by atoms with Crippen LogP contribution < -0.4 is 0 Å². The van der Waals surface area contributed by atoms with Gasteiger partial charge in [0, 0.05) is 0 Å². The molecule has 0 spiro atoms. The zero-order valence-electron chi connectivity index (χ0n) is 13.7. The summed E-state index contributed by atoms with van der Waals surface area (Å²) >= 11 is 0. The molecule has 116 valence electrons. The molecule has 0 aromatic heterocycles. The predicted octanol–water partition coefficient (Wildman–Crippen LogP) is 5.33. The number of nitrogens with zero attached hydrogens (tertiary/aromatic N) is 2. The van der Waals surface area contributed by atoms with Gasteiger partial charge in [-0.3, -0.25) is 0 Å². The molecule has 1 aromatic rings. The molecule has 0 unspecified atom stereocenters. The average molecular weight is 288 g/mol. The SMILES string of the molecule is CC(C)N=NC(C)(C)OC1CCC(c2ccccc2)CC1. The van der Waals surface area contributed by atoms with Gasteiger partial charge in [-0.25, -0.2) is 0 Å². The Balaban J connectivity index is 1.84. The van der Waals surface area contributed by atoms with E-state index < -0.39 is 5.72 Å². The fraction of sp³-hybridized carbons (Fsp3) is 0.667. The summed E-state index contributed by atoms with van der Waals surface area (Å²) in [4.78, 5) is 0. The van der Waals surface area contributed by atoms with Gasteiger partial charge in [-0.1, -0.05) is 30.3 Å². The Morgan fingerprint density at radius 3 is 2.24 bits per heavy atom. The van der Waals surface area contributed by atoms with E-state index in [0.717, 1.165) is 12.8 Å². The summed E-state index contributed by atoms with van der Waals surface area (Å²) in [6, 6.07) is 11.1. The summed E-state index contributed by atoms with van der Waals surface area (Å²) in [7, 11) is 0. The second kappa shape index (κ2) is 7.17. The van der Waals surface area contributed by atoms with E-state index in [-0.39, 0.29) is 6.04 Å². The molecule has 0 radical (unpaired) electrons. The van der Waals surface area contributed by atoms with Crippen LogP contribution in [0.5, 0.6) is 0 Å². The van der Waals surface area contributed by atoms with Crippen molar-refractivity contribution in [1.82, 2.24) is 0 Å². The molecule has 0 aliphatic heterocycles. The van der Waals surface area contributed by atoms with Crippen LogP contribution in [0.1, 0.15) is 64.9 Å². The van der Waals surface area contributed by atoms with Crippen molar-refractivity contribution >= 4 is 0 Å². The fourth-order valence-electron chi connectivity index (χ4n) is 2.93. The minimum Gasteiger partial charge on any atom is -0.349 e. The Hall–Kier alpha value is -1.22. The van der Waals surface area contributed by atoms with Crippen LogP contribution in [0, 0.1) is 0 Å². The zero-order valence-corrected chi connectivity index (χ0v) is 13.7. The first-order chi connectivity index (χ1) is 9.96. The van der Waals surface area contributed by atoms with E-state index in [1.807, 2.05) is 27.7 Å². The number of hydrogen-bond acceptors (Lipinski definition) is 3. The molecule has 1 aliphatic carbocycles. The van der Waals surface area contributed by atoms with E-state index in [4.69, 9.17) is 4.74 Å². The summed E-state index contributed by atoms with van der Waals surface area (Å²) in [5.41, 5.74) is 0.962. The van der Waals surface area contributed by atoms with Gasteiger partial charge in [0.05, 0.1) is 12.1 Å². The maximum Gasteiger partial charge on any atom is 0.173 e. The van der Waals surface area contributed by atoms with Crippen LogP contribution in [0.15, 0.2) is 40.6 Å². The third-order valence-corrected chi connectivity index (χ3v) is 3.93. The molecule has 1 aromatic carbocycles. The highest BCUT2D eigenvalue weighted by molar-refractivity contribution is 5.19. The highest BCUT2D eigenvalue weighted by atomic mass is 16.5. The van der Waals surface area contributed by atoms with Gasteiger partial charge < -0.3 is 4.74 Å². The first-order valence-electron chi connectivity index (χ1n) is 8.11. The highest BCUT2D eigenvalue weighted by Gasteiger charge is 2.28. The van der Waals surface area contributed by atoms with Gasteiger partial charge in [0.1, 0.15) is 0 Å². The van der Waals surface area contributed by atoms with Crippen LogP contribution in [-0.2, 0) is 4.74 Å². The van der Waals surface area contributed by atoms with Crippen molar-refractivity contribution in [2.45, 2.75) is 77.2 Å². The molecule has 0 N–H and O–H groups in total. The maximum atomic E-state index is 6.15. The van der Waals surface area contributed by atoms with Crippen molar-refractivity contribution in [2.75, 3.05) is 0 Å². The Bertz CT molecular complexity index is 446. The summed E-state index contributed by atoms with van der Waals surface area (Å²) < 4.78 is 6.15. The summed E-state index contributed by atoms with van der Waals surface area (Å²) in [5, 5.41) is 8.55. The summed E-state index contributed by atoms with van der Waals surface area (Å²) in [6.45, 7) is 8.07. The molecule has 1 saturated carbocycles. The number of ether oxygens (including phenoxy) is 1. The standard InChI is InChI=1S/C18H28N2O/c1-14(2)19-20-18(3,4)21-17-12-10-16(11-13-17)15-8-6-5-7-9-15/h5-9,14,16-17H,10-13H2,1-4H3. The highest BCUT2D eigenvalue weighted by Crippen LogP contribution is 2.35. The van der Waals surface area contributed by atoms with Gasteiger partial charge in [0.15, 0.2) is 5.72 Å². The summed E-state index contributed by atoms with van der Waals surface area (Å²) in [5.74, 6) is 0.687. The molecule has 0 amide bonds. The third kappa shape index (κ3) is 5.24. The van der Waals surface area contributed by atoms with Crippen LogP contribution in [0.25, 0.3) is 0 Å². The number of hydrogen-bond donors (Lipinski definition) is 0. The Morgan fingerprint density at radius 2 is 1.67 bits per heavy atom. The molecule has 0 heterocycles. The van der Waals surface area contributed by atoms with Crippen LogP contribution in [-0.4, -0.2) is 17.9 Å². The Morgan fingerprint density at radius 1 is 1.05 bits per heavy atom. The molecule has 21 heavy (non-hydrogen) atoms. The molecule has 1 aliphatic rings. The minimum absolute atomic E-state index is 0.224. The normalized spacial score (nSPS) is 23.9. The van der Waals surface area contributed by atoms with E-state index in [1.165, 1.54) is 18.4 Å². The van der Waals surface area contributed by atoms with Gasteiger partial charge in [-0.15, -0.1) is 0 Å². The van der Waals surface area contributed by atoms with Gasteiger partial charge in [0.25, 0.3) is 0 Å². The minimum atomic E-state index is -0.505. The second-order valence-electron chi connectivity index (χ2n) is 6.76. The lowest BCUT2D eigenvalue weighted by atomic mass is 9.82. The van der Waals surface area contributed by atoms with Gasteiger partial charge >= 0.3 is 0 Å². The van der Waals surface area contributed by atoms with Crippen molar-refractivity contribution in [3.8, 4) is 0 Å². The van der Waals surface area contributed by atoms with Gasteiger partial charge in [0.2, 0.25) is 0 Å². The molecule has 3 heteroatoms. The maximum absolute atomic E-state index is 6.15. The third-order valence-electron chi connectivity index (χ3n) is 3.93. The average Bonchev–Trinajstić information content (AvgIpc) is 2.47. The van der Waals surface area contributed by atoms with Crippen LogP contribution >= 0.6 is 0 Å². The quantitative estimate of drug-likeness (QED) is 0.674. The number of rotatable bonds is 5. The van der Waals surface area contributed by atoms with E-state index in [9.17, 15) is 0 Å². The fourth-order valence-corrected chi connectivity index (χ4v) is 2.93. The number of benzene rings is 1. The topological polar surface area (TPSA) is 34.0 Å². The van der Waals surface area contributed by atoms with E-state index in [1.54, 1.807) is 0 Å². The van der Waals surface area contributed by atoms with Crippen LogP contribution in [0.2, 0.25) is 0 Å². The zero-order chi connectivity index (χ0) is 15.3. The van der Waals surface area contributed by atoms with Crippen LogP contribution in [0.3, 0.4) is 0 Å². The second-order valence-corrected chi connectivity index (χ2v) is 6.76. The van der Waals surface area contributed by atoms with Crippen molar-refractivity contribution in [3.63, 3.8) is 0 Å². The molecule has 2 rings (SSSR count). The van der Waals surface area contributed by atoms with Crippen molar-refractivity contribution in [1.29, 1.82) is 0 Å². The predicted molar refractivity (Wildman–Crippen MR) is 86.6 cm³/mol. The molecule has 1 fully saturated rings. The molecule has 0 saturated heterocycles. The van der Waals surface area contributed by atoms with Crippen molar-refractivity contribution in [2.24, 2.45) is 10.2 Å². The van der Waals surface area contributed by atoms with Gasteiger partial charge in [-0.05, 0) is 64.9 Å². The Kier molecular flexibility index (Phi) is 5.51. The van der Waals surface area contributed by atoms with Crippen molar-refractivity contribution in [3.05, 3.63) is 35.9 Å². The molecule has 0 atom stereocenters. The molecule has 3 nitrogen and oxygen atoms in total. The van der Waals surface area contributed by atoms with Crippen LogP contribution in [0.4, 0.5) is 0 Å². The summed E-state index contributed by atoms with van der Waals surface area (Å²) in [6.07, 6.45) is 4.93. The number of azo groups is 1. The van der Waals surface area contributed by atoms with E-state index in [0.29, 0.717) is 12.0 Å². The first-order valence-corrected chi connectivity index (χ1v) is 8.11. The molecular formula is C18H28N2O. The van der Waals surface area contributed by atoms with Crippen molar-refractivity contribution < 1.29 is 4.74 Å².